The molecule has 1 heterocycles. The van der Waals surface area contributed by atoms with Gasteiger partial charge in [0.1, 0.15) is 5.75 Å². The fraction of sp³-hybridized carbons (Fsp3) is 0.136. The van der Waals surface area contributed by atoms with E-state index < -0.39 is 6.10 Å². The third-order valence-corrected chi connectivity index (χ3v) is 4.45. The van der Waals surface area contributed by atoms with E-state index >= 15 is 0 Å². The van der Waals surface area contributed by atoms with Gasteiger partial charge in [0.25, 0.3) is 5.91 Å². The first kappa shape index (κ1) is 16.2. The van der Waals surface area contributed by atoms with Crippen LogP contribution in [0.15, 0.2) is 84.9 Å². The number of amides is 1. The molecule has 0 aromatic heterocycles. The van der Waals surface area contributed by atoms with Gasteiger partial charge >= 0.3 is 0 Å². The van der Waals surface area contributed by atoms with E-state index in [4.69, 9.17) is 4.74 Å². The number of carbonyl (C=O) groups is 1. The maximum absolute atomic E-state index is 12.7. The summed E-state index contributed by atoms with van der Waals surface area (Å²) in [5.74, 6) is 0.568. The smallest absolute Gasteiger partial charge is 0.267 e. The van der Waals surface area contributed by atoms with Crippen LogP contribution in [0.2, 0.25) is 0 Å². The molecular formula is C22H20N2O2. The van der Waals surface area contributed by atoms with Crippen molar-refractivity contribution in [3.05, 3.63) is 90.5 Å². The first-order valence-electron chi connectivity index (χ1n) is 8.72. The molecule has 0 bridgehead atoms. The lowest BCUT2D eigenvalue weighted by Crippen LogP contribution is -2.49. The van der Waals surface area contributed by atoms with Crippen molar-refractivity contribution in [2.24, 2.45) is 0 Å². The van der Waals surface area contributed by atoms with Gasteiger partial charge in [0, 0.05) is 5.69 Å². The molecule has 2 atom stereocenters. The number of hydrogen-bond acceptors (Lipinski definition) is 3. The van der Waals surface area contributed by atoms with Crippen LogP contribution in [0, 0.1) is 0 Å². The van der Waals surface area contributed by atoms with Crippen LogP contribution in [0.5, 0.6) is 5.75 Å². The summed E-state index contributed by atoms with van der Waals surface area (Å²) in [6.07, 6.45) is 0.0565. The van der Waals surface area contributed by atoms with Crippen molar-refractivity contribution in [1.82, 2.24) is 0 Å². The summed E-state index contributed by atoms with van der Waals surface area (Å²) in [6, 6.07) is 27.3. The van der Waals surface area contributed by atoms with Crippen molar-refractivity contribution in [2.45, 2.75) is 18.6 Å². The normalized spacial score (nSPS) is 16.8. The molecule has 130 valence electrons. The average Bonchev–Trinajstić information content (AvgIpc) is 2.68. The summed E-state index contributed by atoms with van der Waals surface area (Å²) in [4.78, 5) is 12.7. The molecule has 1 aliphatic rings. The Morgan fingerprint density at radius 1 is 0.885 bits per heavy atom. The fourth-order valence-electron chi connectivity index (χ4n) is 3.18. The molecule has 0 fully saturated rings. The number of anilines is 2. The van der Waals surface area contributed by atoms with E-state index in [1.54, 1.807) is 0 Å². The molecule has 0 saturated heterocycles. The van der Waals surface area contributed by atoms with Gasteiger partial charge in [0.15, 0.2) is 6.10 Å². The van der Waals surface area contributed by atoms with Gasteiger partial charge in [-0.05, 0) is 36.2 Å². The largest absolute Gasteiger partial charge is 0.476 e. The van der Waals surface area contributed by atoms with Crippen molar-refractivity contribution >= 4 is 17.3 Å². The standard InChI is InChI=1S/C22H20N2O2/c25-22-21(26-20-14-8-7-13-18(20)24-22)19(15-16-9-3-1-4-10-16)23-17-11-5-2-6-12-17/h1-14,19,21,23H,15H2,(H,24,25)/t19-,21+/m1/s1. The summed E-state index contributed by atoms with van der Waals surface area (Å²) < 4.78 is 6.08. The molecule has 1 amide bonds. The van der Waals surface area contributed by atoms with E-state index in [9.17, 15) is 4.79 Å². The molecule has 4 heteroatoms. The van der Waals surface area contributed by atoms with Gasteiger partial charge in [-0.2, -0.15) is 0 Å². The minimum Gasteiger partial charge on any atom is -0.476 e. The summed E-state index contributed by atoms with van der Waals surface area (Å²) in [7, 11) is 0. The Balaban J connectivity index is 1.62. The second-order valence-electron chi connectivity index (χ2n) is 6.33. The molecule has 26 heavy (non-hydrogen) atoms. The molecule has 3 aromatic rings. The number of hydrogen-bond donors (Lipinski definition) is 2. The Hall–Kier alpha value is -3.27. The monoisotopic (exact) mass is 344 g/mol. The van der Waals surface area contributed by atoms with E-state index in [0.29, 0.717) is 17.9 Å². The number of ether oxygens (including phenoxy) is 1. The average molecular weight is 344 g/mol. The number of carbonyl (C=O) groups excluding carboxylic acids is 1. The fourth-order valence-corrected chi connectivity index (χ4v) is 3.18. The van der Waals surface area contributed by atoms with Gasteiger partial charge in [-0.3, -0.25) is 4.79 Å². The Labute approximate surface area is 152 Å². The van der Waals surface area contributed by atoms with Crippen molar-refractivity contribution in [1.29, 1.82) is 0 Å². The van der Waals surface area contributed by atoms with Gasteiger partial charge in [-0.25, -0.2) is 0 Å². The molecule has 0 radical (unpaired) electrons. The van der Waals surface area contributed by atoms with Crippen LogP contribution in [0.1, 0.15) is 5.56 Å². The number of rotatable bonds is 5. The van der Waals surface area contributed by atoms with Crippen LogP contribution in [0.25, 0.3) is 0 Å². The van der Waals surface area contributed by atoms with Crippen LogP contribution in [0.4, 0.5) is 11.4 Å². The van der Waals surface area contributed by atoms with Crippen molar-refractivity contribution in [3.63, 3.8) is 0 Å². The van der Waals surface area contributed by atoms with Gasteiger partial charge < -0.3 is 15.4 Å². The highest BCUT2D eigenvalue weighted by atomic mass is 16.5. The van der Waals surface area contributed by atoms with Crippen LogP contribution in [0.3, 0.4) is 0 Å². The van der Waals surface area contributed by atoms with E-state index in [1.165, 1.54) is 0 Å². The van der Waals surface area contributed by atoms with Gasteiger partial charge in [-0.1, -0.05) is 60.7 Å². The third kappa shape index (κ3) is 3.54. The lowest BCUT2D eigenvalue weighted by Gasteiger charge is -2.32. The Morgan fingerprint density at radius 3 is 2.31 bits per heavy atom. The highest BCUT2D eigenvalue weighted by Crippen LogP contribution is 2.31. The van der Waals surface area contributed by atoms with Gasteiger partial charge in [-0.15, -0.1) is 0 Å². The maximum Gasteiger partial charge on any atom is 0.267 e. The van der Waals surface area contributed by atoms with E-state index in [-0.39, 0.29) is 11.9 Å². The summed E-state index contributed by atoms with van der Waals surface area (Å²) >= 11 is 0. The summed E-state index contributed by atoms with van der Waals surface area (Å²) in [6.45, 7) is 0. The van der Waals surface area contributed by atoms with E-state index in [1.807, 2.05) is 72.8 Å². The highest BCUT2D eigenvalue weighted by molar-refractivity contribution is 5.98. The summed E-state index contributed by atoms with van der Waals surface area (Å²) in [5, 5.41) is 6.43. The van der Waals surface area contributed by atoms with Crippen LogP contribution in [-0.2, 0) is 11.2 Å². The second-order valence-corrected chi connectivity index (χ2v) is 6.33. The Bertz CT molecular complexity index is 839. The van der Waals surface area contributed by atoms with Crippen LogP contribution >= 0.6 is 0 Å². The van der Waals surface area contributed by atoms with Crippen molar-refractivity contribution in [2.75, 3.05) is 10.6 Å². The predicted octanol–water partition coefficient (Wildman–Crippen LogP) is 4.11. The molecule has 3 aromatic carbocycles. The zero-order valence-corrected chi connectivity index (χ0v) is 14.3. The third-order valence-electron chi connectivity index (χ3n) is 4.45. The van der Waals surface area contributed by atoms with Crippen molar-refractivity contribution < 1.29 is 9.53 Å². The lowest BCUT2D eigenvalue weighted by atomic mass is 9.99. The zero-order valence-electron chi connectivity index (χ0n) is 14.3. The first-order chi connectivity index (χ1) is 12.8. The number of fused-ring (bicyclic) bond motifs is 1. The van der Waals surface area contributed by atoms with Gasteiger partial charge in [0.2, 0.25) is 0 Å². The summed E-state index contributed by atoms with van der Waals surface area (Å²) in [5.41, 5.74) is 2.83. The topological polar surface area (TPSA) is 50.4 Å². The molecule has 0 spiro atoms. The highest BCUT2D eigenvalue weighted by Gasteiger charge is 2.34. The molecule has 2 N–H and O–H groups in total. The Kier molecular flexibility index (Phi) is 4.56. The quantitative estimate of drug-likeness (QED) is 0.732. The van der Waals surface area contributed by atoms with Crippen LogP contribution < -0.4 is 15.4 Å². The van der Waals surface area contributed by atoms with E-state index in [2.05, 4.69) is 22.8 Å². The molecule has 4 rings (SSSR count). The molecule has 4 nitrogen and oxygen atoms in total. The SMILES string of the molecule is O=C1Nc2ccccc2O[C@H]1[C@@H](Cc1ccccc1)Nc1ccccc1. The minimum atomic E-state index is -0.620. The molecule has 0 aliphatic carbocycles. The molecule has 1 aliphatic heterocycles. The van der Waals surface area contributed by atoms with E-state index in [0.717, 1.165) is 11.3 Å². The maximum atomic E-state index is 12.7. The second kappa shape index (κ2) is 7.31. The number of nitrogens with one attached hydrogen (secondary N) is 2. The minimum absolute atomic E-state index is 0.131. The number of benzene rings is 3. The first-order valence-corrected chi connectivity index (χ1v) is 8.72. The molecular weight excluding hydrogens is 324 g/mol. The zero-order chi connectivity index (χ0) is 17.8. The molecule has 0 saturated carbocycles. The van der Waals surface area contributed by atoms with Crippen LogP contribution in [-0.4, -0.2) is 18.1 Å². The molecule has 0 unspecified atom stereocenters. The predicted molar refractivity (Wildman–Crippen MR) is 103 cm³/mol. The Morgan fingerprint density at radius 2 is 1.54 bits per heavy atom. The van der Waals surface area contributed by atoms with Crippen molar-refractivity contribution in [3.8, 4) is 5.75 Å². The van der Waals surface area contributed by atoms with Gasteiger partial charge in [0.05, 0.1) is 11.7 Å². The lowest BCUT2D eigenvalue weighted by molar-refractivity contribution is -0.124. The number of para-hydroxylation sites is 3.